The van der Waals surface area contributed by atoms with Crippen LogP contribution in [0, 0.1) is 13.8 Å². The highest BCUT2D eigenvalue weighted by Crippen LogP contribution is 2.28. The first-order valence-corrected chi connectivity index (χ1v) is 10.9. The van der Waals surface area contributed by atoms with Gasteiger partial charge in [0.15, 0.2) is 5.82 Å². The first kappa shape index (κ1) is 21.3. The number of hydrogen-bond acceptors (Lipinski definition) is 2. The largest absolute Gasteiger partial charge is 0.298 e. The van der Waals surface area contributed by atoms with Crippen LogP contribution in [0.3, 0.4) is 0 Å². The van der Waals surface area contributed by atoms with Crippen LogP contribution < -0.4 is 0 Å². The van der Waals surface area contributed by atoms with Gasteiger partial charge in [-0.3, -0.25) is 4.57 Å². The summed E-state index contributed by atoms with van der Waals surface area (Å²) in [7, 11) is 0. The summed E-state index contributed by atoms with van der Waals surface area (Å²) >= 11 is 0. The molecule has 0 bridgehead atoms. The number of hydrogen-bond donors (Lipinski definition) is 0. The van der Waals surface area contributed by atoms with Gasteiger partial charge in [0, 0.05) is 23.5 Å². The van der Waals surface area contributed by atoms with Crippen LogP contribution in [0.4, 0.5) is 0 Å². The molecule has 0 saturated carbocycles. The van der Waals surface area contributed by atoms with E-state index in [1.807, 2.05) is 6.20 Å². The molecule has 0 aliphatic heterocycles. The van der Waals surface area contributed by atoms with Crippen LogP contribution in [-0.2, 0) is 11.8 Å². The molecule has 2 aromatic heterocycles. The van der Waals surface area contributed by atoms with Gasteiger partial charge >= 0.3 is 0 Å². The standard InChI is InChI=1S/C26H35N3/c1-7-8-9-10-12-21-17-19(2)24(20(3)18-21)29-16-15-27-25(29)22-13-11-14-23(28-22)26(4,5)6/h11,13-18H,7-10,12H2,1-6H3. The topological polar surface area (TPSA) is 30.7 Å². The smallest absolute Gasteiger partial charge is 0.163 e. The third-order valence-corrected chi connectivity index (χ3v) is 5.50. The summed E-state index contributed by atoms with van der Waals surface area (Å²) < 4.78 is 2.19. The van der Waals surface area contributed by atoms with Crippen molar-refractivity contribution in [3.05, 3.63) is 65.1 Å². The lowest BCUT2D eigenvalue weighted by molar-refractivity contribution is 0.569. The summed E-state index contributed by atoms with van der Waals surface area (Å²) in [6.07, 6.45) is 10.3. The minimum absolute atomic E-state index is 0.0126. The molecule has 0 radical (unpaired) electrons. The van der Waals surface area contributed by atoms with E-state index in [1.165, 1.54) is 48.1 Å². The Hall–Kier alpha value is -2.42. The number of rotatable bonds is 7. The molecule has 0 amide bonds. The molecule has 0 unspecified atom stereocenters. The van der Waals surface area contributed by atoms with Gasteiger partial charge < -0.3 is 0 Å². The number of unbranched alkanes of at least 4 members (excludes halogenated alkanes) is 3. The van der Waals surface area contributed by atoms with E-state index in [0.717, 1.165) is 23.6 Å². The Morgan fingerprint density at radius 3 is 2.34 bits per heavy atom. The Balaban J connectivity index is 1.95. The number of aryl methyl sites for hydroxylation is 3. The van der Waals surface area contributed by atoms with Gasteiger partial charge in [0.2, 0.25) is 0 Å². The predicted octanol–water partition coefficient (Wildman–Crippen LogP) is 6.97. The zero-order valence-corrected chi connectivity index (χ0v) is 18.9. The molecule has 0 atom stereocenters. The van der Waals surface area contributed by atoms with Crippen LogP contribution in [0.25, 0.3) is 17.2 Å². The van der Waals surface area contributed by atoms with Gasteiger partial charge in [0.1, 0.15) is 5.69 Å². The Morgan fingerprint density at radius 1 is 0.966 bits per heavy atom. The average molecular weight is 390 g/mol. The molecule has 0 N–H and O–H groups in total. The van der Waals surface area contributed by atoms with Crippen LogP contribution in [-0.4, -0.2) is 14.5 Å². The third-order valence-electron chi connectivity index (χ3n) is 5.50. The summed E-state index contributed by atoms with van der Waals surface area (Å²) in [6.45, 7) is 13.3. The summed E-state index contributed by atoms with van der Waals surface area (Å²) in [4.78, 5) is 9.59. The average Bonchev–Trinajstić information content (AvgIpc) is 3.13. The molecule has 3 nitrogen and oxygen atoms in total. The van der Waals surface area contributed by atoms with Crippen LogP contribution in [0.15, 0.2) is 42.7 Å². The Kier molecular flexibility index (Phi) is 6.56. The maximum Gasteiger partial charge on any atom is 0.163 e. The fraction of sp³-hybridized carbons (Fsp3) is 0.462. The van der Waals surface area contributed by atoms with Crippen LogP contribution in [0.5, 0.6) is 0 Å². The molecule has 0 aliphatic carbocycles. The molecule has 154 valence electrons. The van der Waals surface area contributed by atoms with Crippen molar-refractivity contribution in [3.63, 3.8) is 0 Å². The zero-order chi connectivity index (χ0) is 21.0. The van der Waals surface area contributed by atoms with E-state index in [2.05, 4.69) is 87.6 Å². The number of benzene rings is 1. The Bertz CT molecular complexity index is 937. The highest BCUT2D eigenvalue weighted by molar-refractivity contribution is 5.59. The highest BCUT2D eigenvalue weighted by Gasteiger charge is 2.18. The fourth-order valence-electron chi connectivity index (χ4n) is 3.98. The maximum absolute atomic E-state index is 4.92. The highest BCUT2D eigenvalue weighted by atomic mass is 15.1. The lowest BCUT2D eigenvalue weighted by Crippen LogP contribution is -2.14. The number of nitrogens with zero attached hydrogens (tertiary/aromatic N) is 3. The van der Waals surface area contributed by atoms with Crippen molar-refractivity contribution in [1.29, 1.82) is 0 Å². The molecule has 29 heavy (non-hydrogen) atoms. The van der Waals surface area contributed by atoms with E-state index < -0.39 is 0 Å². The van der Waals surface area contributed by atoms with Gasteiger partial charge in [-0.1, -0.05) is 65.2 Å². The zero-order valence-electron chi connectivity index (χ0n) is 18.9. The van der Waals surface area contributed by atoms with Crippen LogP contribution in [0.2, 0.25) is 0 Å². The van der Waals surface area contributed by atoms with Gasteiger partial charge in [-0.05, 0) is 55.5 Å². The fourth-order valence-corrected chi connectivity index (χ4v) is 3.98. The van der Waals surface area contributed by atoms with Crippen LogP contribution in [0.1, 0.15) is 75.8 Å². The molecular formula is C26H35N3. The Morgan fingerprint density at radius 2 is 1.69 bits per heavy atom. The Labute approximate surface area is 176 Å². The van der Waals surface area contributed by atoms with E-state index in [1.54, 1.807) is 0 Å². The minimum atomic E-state index is 0.0126. The van der Waals surface area contributed by atoms with Crippen molar-refractivity contribution in [3.8, 4) is 17.2 Å². The first-order valence-electron chi connectivity index (χ1n) is 10.9. The normalized spacial score (nSPS) is 11.8. The van der Waals surface area contributed by atoms with Crippen molar-refractivity contribution in [2.45, 2.75) is 79.1 Å². The molecule has 0 saturated heterocycles. The summed E-state index contributed by atoms with van der Waals surface area (Å²) in [6, 6.07) is 10.9. The lowest BCUT2D eigenvalue weighted by atomic mass is 9.91. The minimum Gasteiger partial charge on any atom is -0.298 e. The molecule has 2 heterocycles. The quantitative estimate of drug-likeness (QED) is 0.408. The van der Waals surface area contributed by atoms with Gasteiger partial charge in [0.05, 0.1) is 5.69 Å². The molecule has 1 aromatic carbocycles. The molecule has 3 rings (SSSR count). The third kappa shape index (κ3) is 4.95. The summed E-state index contributed by atoms with van der Waals surface area (Å²) in [5.41, 5.74) is 7.26. The van der Waals surface area contributed by atoms with Gasteiger partial charge in [-0.25, -0.2) is 9.97 Å². The van der Waals surface area contributed by atoms with Crippen LogP contribution >= 0.6 is 0 Å². The van der Waals surface area contributed by atoms with E-state index in [9.17, 15) is 0 Å². The van der Waals surface area contributed by atoms with E-state index in [-0.39, 0.29) is 5.41 Å². The SMILES string of the molecule is CCCCCCc1cc(C)c(-n2ccnc2-c2cccc(C(C)(C)C)n2)c(C)c1. The van der Waals surface area contributed by atoms with Crippen molar-refractivity contribution in [1.82, 2.24) is 14.5 Å². The van der Waals surface area contributed by atoms with Gasteiger partial charge in [0.25, 0.3) is 0 Å². The summed E-state index contributed by atoms with van der Waals surface area (Å²) in [5.74, 6) is 0.901. The summed E-state index contributed by atoms with van der Waals surface area (Å²) in [5, 5.41) is 0. The van der Waals surface area contributed by atoms with Gasteiger partial charge in [-0.15, -0.1) is 0 Å². The number of aromatic nitrogens is 3. The maximum atomic E-state index is 4.92. The van der Waals surface area contributed by atoms with Crippen molar-refractivity contribution >= 4 is 0 Å². The lowest BCUT2D eigenvalue weighted by Gasteiger charge is -2.19. The van der Waals surface area contributed by atoms with E-state index in [4.69, 9.17) is 4.98 Å². The molecule has 0 aliphatic rings. The number of imidazole rings is 1. The van der Waals surface area contributed by atoms with E-state index >= 15 is 0 Å². The molecule has 3 heteroatoms. The first-order chi connectivity index (χ1) is 13.8. The van der Waals surface area contributed by atoms with Crippen molar-refractivity contribution in [2.24, 2.45) is 0 Å². The van der Waals surface area contributed by atoms with Gasteiger partial charge in [-0.2, -0.15) is 0 Å². The van der Waals surface area contributed by atoms with Crippen molar-refractivity contribution in [2.75, 3.05) is 0 Å². The molecule has 0 spiro atoms. The van der Waals surface area contributed by atoms with Crippen molar-refractivity contribution < 1.29 is 0 Å². The predicted molar refractivity (Wildman–Crippen MR) is 123 cm³/mol. The second-order valence-electron chi connectivity index (χ2n) is 9.17. The monoisotopic (exact) mass is 389 g/mol. The number of pyridine rings is 1. The second kappa shape index (κ2) is 8.94. The molecule has 0 fully saturated rings. The second-order valence-corrected chi connectivity index (χ2v) is 9.17. The van der Waals surface area contributed by atoms with E-state index in [0.29, 0.717) is 0 Å². The molecular weight excluding hydrogens is 354 g/mol. The molecule has 3 aromatic rings.